The molecule has 0 aliphatic heterocycles. The van der Waals surface area contributed by atoms with Crippen LogP contribution in [0.5, 0.6) is 0 Å². The lowest BCUT2D eigenvalue weighted by atomic mass is 10.1. The van der Waals surface area contributed by atoms with Gasteiger partial charge in [-0.15, -0.1) is 0 Å². The number of nitrogens with two attached hydrogens (primary N) is 1. The molecule has 0 unspecified atom stereocenters. The Morgan fingerprint density at radius 3 is 2.40 bits per heavy atom. The quantitative estimate of drug-likeness (QED) is 0.590. The van der Waals surface area contributed by atoms with E-state index in [4.69, 9.17) is 5.73 Å². The Balaban J connectivity index is 3.71. The van der Waals surface area contributed by atoms with Gasteiger partial charge in [-0.3, -0.25) is 4.79 Å². The number of carbonyl (C=O) groups is 1. The van der Waals surface area contributed by atoms with Gasteiger partial charge >= 0.3 is 0 Å². The predicted molar refractivity (Wildman–Crippen MR) is 41.5 cm³/mol. The van der Waals surface area contributed by atoms with Crippen molar-refractivity contribution in [2.75, 3.05) is 6.54 Å². The van der Waals surface area contributed by atoms with Crippen molar-refractivity contribution in [3.63, 3.8) is 0 Å². The van der Waals surface area contributed by atoms with Crippen LogP contribution >= 0.6 is 0 Å². The summed E-state index contributed by atoms with van der Waals surface area (Å²) in [6, 6.07) is -0.361. The third-order valence-corrected chi connectivity index (χ3v) is 1.37. The SMILES string of the molecule is CCNC(=O)[C@H](N)C(C)C. The van der Waals surface area contributed by atoms with Gasteiger partial charge in [-0.1, -0.05) is 13.8 Å². The standard InChI is InChI=1S/C7H16N2O/c1-4-9-7(10)6(8)5(2)3/h5-6H,4,8H2,1-3H3,(H,9,10)/t6-/m1/s1. The first-order valence-electron chi connectivity index (χ1n) is 3.62. The van der Waals surface area contributed by atoms with Crippen LogP contribution in [0.2, 0.25) is 0 Å². The van der Waals surface area contributed by atoms with Crippen molar-refractivity contribution < 1.29 is 4.79 Å². The molecule has 0 spiro atoms. The summed E-state index contributed by atoms with van der Waals surface area (Å²) in [6.45, 7) is 6.39. The van der Waals surface area contributed by atoms with Gasteiger partial charge in [0.1, 0.15) is 0 Å². The molecule has 0 bridgehead atoms. The van der Waals surface area contributed by atoms with Crippen molar-refractivity contribution in [3.8, 4) is 0 Å². The summed E-state index contributed by atoms with van der Waals surface area (Å²) in [5.41, 5.74) is 5.53. The first-order valence-corrected chi connectivity index (χ1v) is 3.62. The lowest BCUT2D eigenvalue weighted by Gasteiger charge is -2.13. The molecule has 1 amide bonds. The number of hydrogen-bond donors (Lipinski definition) is 2. The molecule has 0 rings (SSSR count). The number of amides is 1. The van der Waals surface area contributed by atoms with Crippen molar-refractivity contribution in [2.24, 2.45) is 11.7 Å². The molecule has 3 heteroatoms. The second kappa shape index (κ2) is 4.28. The van der Waals surface area contributed by atoms with Gasteiger partial charge in [-0.2, -0.15) is 0 Å². The summed E-state index contributed by atoms with van der Waals surface area (Å²) in [6.07, 6.45) is 0. The molecule has 0 aromatic carbocycles. The monoisotopic (exact) mass is 144 g/mol. The Morgan fingerprint density at radius 1 is 1.60 bits per heavy atom. The Hall–Kier alpha value is -0.570. The van der Waals surface area contributed by atoms with Gasteiger partial charge in [0, 0.05) is 6.54 Å². The lowest BCUT2D eigenvalue weighted by Crippen LogP contribution is -2.43. The maximum absolute atomic E-state index is 10.9. The van der Waals surface area contributed by atoms with E-state index in [-0.39, 0.29) is 17.9 Å². The van der Waals surface area contributed by atoms with E-state index in [0.29, 0.717) is 6.54 Å². The van der Waals surface area contributed by atoms with Crippen molar-refractivity contribution in [2.45, 2.75) is 26.8 Å². The van der Waals surface area contributed by atoms with E-state index in [1.54, 1.807) is 0 Å². The highest BCUT2D eigenvalue weighted by Crippen LogP contribution is 1.96. The molecular weight excluding hydrogens is 128 g/mol. The van der Waals surface area contributed by atoms with Gasteiger partial charge in [0.05, 0.1) is 6.04 Å². The molecule has 3 nitrogen and oxygen atoms in total. The largest absolute Gasteiger partial charge is 0.355 e. The summed E-state index contributed by atoms with van der Waals surface area (Å²) in [4.78, 5) is 10.9. The molecule has 0 radical (unpaired) electrons. The Bertz CT molecular complexity index is 112. The minimum atomic E-state index is -0.361. The van der Waals surface area contributed by atoms with E-state index < -0.39 is 0 Å². The van der Waals surface area contributed by atoms with Crippen LogP contribution in [0.15, 0.2) is 0 Å². The van der Waals surface area contributed by atoms with Crippen LogP contribution in [-0.2, 0) is 4.79 Å². The van der Waals surface area contributed by atoms with Gasteiger partial charge in [-0.05, 0) is 12.8 Å². The molecule has 0 saturated carbocycles. The fraction of sp³-hybridized carbons (Fsp3) is 0.857. The van der Waals surface area contributed by atoms with Crippen LogP contribution in [0.3, 0.4) is 0 Å². The number of carbonyl (C=O) groups excluding carboxylic acids is 1. The lowest BCUT2D eigenvalue weighted by molar-refractivity contribution is -0.123. The summed E-state index contributed by atoms with van der Waals surface area (Å²) in [5, 5.41) is 2.66. The Morgan fingerprint density at radius 2 is 2.10 bits per heavy atom. The molecule has 0 saturated heterocycles. The summed E-state index contributed by atoms with van der Waals surface area (Å²) >= 11 is 0. The highest BCUT2D eigenvalue weighted by Gasteiger charge is 2.15. The van der Waals surface area contributed by atoms with Gasteiger partial charge in [0.15, 0.2) is 0 Å². The average molecular weight is 144 g/mol. The van der Waals surface area contributed by atoms with Crippen molar-refractivity contribution in [3.05, 3.63) is 0 Å². The zero-order valence-corrected chi connectivity index (χ0v) is 6.85. The summed E-state index contributed by atoms with van der Waals surface area (Å²) in [7, 11) is 0. The Kier molecular flexibility index (Phi) is 4.03. The second-order valence-corrected chi connectivity index (χ2v) is 2.66. The molecule has 3 N–H and O–H groups in total. The second-order valence-electron chi connectivity index (χ2n) is 2.66. The van der Waals surface area contributed by atoms with Gasteiger partial charge in [-0.25, -0.2) is 0 Å². The first-order chi connectivity index (χ1) is 4.59. The maximum atomic E-state index is 10.9. The minimum absolute atomic E-state index is 0.0579. The molecular formula is C7H16N2O. The van der Waals surface area contributed by atoms with Crippen molar-refractivity contribution in [1.82, 2.24) is 5.32 Å². The van der Waals surface area contributed by atoms with E-state index in [0.717, 1.165) is 0 Å². The number of hydrogen-bond acceptors (Lipinski definition) is 2. The topological polar surface area (TPSA) is 55.1 Å². The molecule has 0 aliphatic carbocycles. The van der Waals surface area contributed by atoms with Gasteiger partial charge in [0.2, 0.25) is 5.91 Å². The summed E-state index contributed by atoms with van der Waals surface area (Å²) in [5.74, 6) is 0.157. The fourth-order valence-corrected chi connectivity index (χ4v) is 0.595. The molecule has 0 aromatic heterocycles. The third kappa shape index (κ3) is 2.82. The van der Waals surface area contributed by atoms with Crippen molar-refractivity contribution >= 4 is 5.91 Å². The van der Waals surface area contributed by atoms with Gasteiger partial charge in [0.25, 0.3) is 0 Å². The average Bonchev–Trinajstić information content (AvgIpc) is 1.87. The van der Waals surface area contributed by atoms with Crippen LogP contribution in [-0.4, -0.2) is 18.5 Å². The number of nitrogens with one attached hydrogen (secondary N) is 1. The highest BCUT2D eigenvalue weighted by molar-refractivity contribution is 5.81. The predicted octanol–water partition coefficient (Wildman–Crippen LogP) is 0.106. The van der Waals surface area contributed by atoms with E-state index >= 15 is 0 Å². The van der Waals surface area contributed by atoms with Crippen LogP contribution < -0.4 is 11.1 Å². The highest BCUT2D eigenvalue weighted by atomic mass is 16.2. The summed E-state index contributed by atoms with van der Waals surface area (Å²) < 4.78 is 0. The molecule has 1 atom stereocenters. The van der Waals surface area contributed by atoms with Crippen molar-refractivity contribution in [1.29, 1.82) is 0 Å². The number of likely N-dealkylation sites (N-methyl/N-ethyl adjacent to an activating group) is 1. The molecule has 0 aliphatic rings. The first kappa shape index (κ1) is 9.43. The molecule has 0 heterocycles. The van der Waals surface area contributed by atoms with Crippen LogP contribution in [0.1, 0.15) is 20.8 Å². The molecule has 0 fully saturated rings. The zero-order valence-electron chi connectivity index (χ0n) is 6.85. The van der Waals surface area contributed by atoms with E-state index in [1.807, 2.05) is 20.8 Å². The molecule has 60 valence electrons. The van der Waals surface area contributed by atoms with Crippen LogP contribution in [0, 0.1) is 5.92 Å². The minimum Gasteiger partial charge on any atom is -0.355 e. The van der Waals surface area contributed by atoms with Crippen LogP contribution in [0.25, 0.3) is 0 Å². The Labute approximate surface area is 62.0 Å². The smallest absolute Gasteiger partial charge is 0.237 e. The normalized spacial score (nSPS) is 13.3. The number of rotatable bonds is 3. The molecule has 0 aromatic rings. The zero-order chi connectivity index (χ0) is 8.15. The molecule has 10 heavy (non-hydrogen) atoms. The van der Waals surface area contributed by atoms with E-state index in [2.05, 4.69) is 5.32 Å². The van der Waals surface area contributed by atoms with E-state index in [1.165, 1.54) is 0 Å². The fourth-order valence-electron chi connectivity index (χ4n) is 0.595. The van der Waals surface area contributed by atoms with Crippen LogP contribution in [0.4, 0.5) is 0 Å². The maximum Gasteiger partial charge on any atom is 0.237 e. The van der Waals surface area contributed by atoms with Gasteiger partial charge < -0.3 is 11.1 Å². The third-order valence-electron chi connectivity index (χ3n) is 1.37. The van der Waals surface area contributed by atoms with E-state index in [9.17, 15) is 4.79 Å².